The summed E-state index contributed by atoms with van der Waals surface area (Å²) in [5.41, 5.74) is 0.853. The molecule has 1 aliphatic rings. The van der Waals surface area contributed by atoms with Crippen LogP contribution in [0.4, 0.5) is 5.69 Å². The Morgan fingerprint density at radius 1 is 1.17 bits per heavy atom. The van der Waals surface area contributed by atoms with Gasteiger partial charge in [0.15, 0.2) is 0 Å². The Balaban J connectivity index is 2.03. The van der Waals surface area contributed by atoms with E-state index in [1.165, 1.54) is 10.6 Å². The molecule has 1 aromatic carbocycles. The van der Waals surface area contributed by atoms with E-state index < -0.39 is 10.0 Å². The fraction of sp³-hybridized carbons (Fsp3) is 0.588. The number of carbonyl (C=O) groups excluding carboxylic acids is 1. The second-order valence-corrected chi connectivity index (χ2v) is 7.97. The number of carbonyl (C=O) groups is 1. The van der Waals surface area contributed by atoms with Gasteiger partial charge < -0.3 is 4.90 Å². The summed E-state index contributed by atoms with van der Waals surface area (Å²) in [4.78, 5) is 14.2. The quantitative estimate of drug-likeness (QED) is 0.768. The Morgan fingerprint density at radius 2 is 1.78 bits per heavy atom. The van der Waals surface area contributed by atoms with E-state index in [0.29, 0.717) is 6.54 Å². The molecule has 0 aromatic heterocycles. The van der Waals surface area contributed by atoms with Crippen LogP contribution in [0.1, 0.15) is 39.0 Å². The highest BCUT2D eigenvalue weighted by molar-refractivity contribution is 7.88. The second kappa shape index (κ2) is 7.93. The highest BCUT2D eigenvalue weighted by Gasteiger charge is 2.29. The lowest BCUT2D eigenvalue weighted by molar-refractivity contribution is -0.118. The summed E-state index contributed by atoms with van der Waals surface area (Å²) in [6.45, 7) is 2.77. The maximum absolute atomic E-state index is 12.5. The maximum Gasteiger partial charge on any atom is 0.228 e. The molecule has 0 heterocycles. The van der Waals surface area contributed by atoms with Gasteiger partial charge in [-0.05, 0) is 31.9 Å². The van der Waals surface area contributed by atoms with Crippen molar-refractivity contribution in [2.75, 3.05) is 24.2 Å². The molecule has 0 N–H and O–H groups in total. The molecule has 0 spiro atoms. The van der Waals surface area contributed by atoms with E-state index in [0.717, 1.165) is 31.4 Å². The number of hydrogen-bond acceptors (Lipinski definition) is 3. The van der Waals surface area contributed by atoms with Crippen LogP contribution in [-0.2, 0) is 14.8 Å². The molecule has 128 valence electrons. The molecule has 1 fully saturated rings. The van der Waals surface area contributed by atoms with Crippen LogP contribution >= 0.6 is 0 Å². The Bertz CT molecular complexity index is 610. The first-order chi connectivity index (χ1) is 10.9. The Kier molecular flexibility index (Phi) is 6.18. The third kappa shape index (κ3) is 4.78. The molecule has 0 saturated heterocycles. The van der Waals surface area contributed by atoms with Crippen LogP contribution in [0.15, 0.2) is 30.3 Å². The molecule has 23 heavy (non-hydrogen) atoms. The van der Waals surface area contributed by atoms with Crippen molar-refractivity contribution < 1.29 is 13.2 Å². The highest BCUT2D eigenvalue weighted by Crippen LogP contribution is 2.25. The Morgan fingerprint density at radius 3 is 2.30 bits per heavy atom. The minimum Gasteiger partial charge on any atom is -0.313 e. The SMILES string of the molecule is CCN(C(=O)CCN(C1CCCC1)S(C)(=O)=O)c1ccccc1. The normalized spacial score (nSPS) is 16.0. The van der Waals surface area contributed by atoms with Gasteiger partial charge >= 0.3 is 0 Å². The van der Waals surface area contributed by atoms with E-state index in [1.807, 2.05) is 37.3 Å². The van der Waals surface area contributed by atoms with Gasteiger partial charge in [0.05, 0.1) is 6.26 Å². The number of nitrogens with zero attached hydrogens (tertiary/aromatic N) is 2. The van der Waals surface area contributed by atoms with E-state index in [9.17, 15) is 13.2 Å². The van der Waals surface area contributed by atoms with Gasteiger partial charge in [-0.15, -0.1) is 0 Å². The van der Waals surface area contributed by atoms with Crippen molar-refractivity contribution in [3.05, 3.63) is 30.3 Å². The first kappa shape index (κ1) is 17.9. The molecule has 2 rings (SSSR count). The van der Waals surface area contributed by atoms with Crippen LogP contribution in [0, 0.1) is 0 Å². The smallest absolute Gasteiger partial charge is 0.228 e. The zero-order valence-electron chi connectivity index (χ0n) is 13.9. The third-order valence-corrected chi connectivity index (χ3v) is 5.72. The van der Waals surface area contributed by atoms with Gasteiger partial charge in [-0.25, -0.2) is 8.42 Å². The fourth-order valence-electron chi connectivity index (χ4n) is 3.26. The van der Waals surface area contributed by atoms with Crippen molar-refractivity contribution in [1.82, 2.24) is 4.31 Å². The van der Waals surface area contributed by atoms with Crippen LogP contribution in [0.5, 0.6) is 0 Å². The van der Waals surface area contributed by atoms with Crippen molar-refractivity contribution in [3.63, 3.8) is 0 Å². The zero-order chi connectivity index (χ0) is 16.9. The molecular weight excluding hydrogens is 312 g/mol. The molecule has 1 saturated carbocycles. The van der Waals surface area contributed by atoms with Crippen molar-refractivity contribution in [2.45, 2.75) is 45.1 Å². The van der Waals surface area contributed by atoms with Crippen molar-refractivity contribution in [2.24, 2.45) is 0 Å². The summed E-state index contributed by atoms with van der Waals surface area (Å²) in [6, 6.07) is 9.55. The first-order valence-corrected chi connectivity index (χ1v) is 10.1. The van der Waals surface area contributed by atoms with Gasteiger partial charge in [-0.1, -0.05) is 31.0 Å². The maximum atomic E-state index is 12.5. The molecule has 0 radical (unpaired) electrons. The minimum absolute atomic E-state index is 0.0367. The summed E-state index contributed by atoms with van der Waals surface area (Å²) in [6.07, 6.45) is 5.39. The average molecular weight is 338 g/mol. The van der Waals surface area contributed by atoms with Gasteiger partial charge in [0.2, 0.25) is 15.9 Å². The van der Waals surface area contributed by atoms with Gasteiger partial charge in [0.1, 0.15) is 0 Å². The van der Waals surface area contributed by atoms with Gasteiger partial charge in [0.25, 0.3) is 0 Å². The molecule has 0 atom stereocenters. The van der Waals surface area contributed by atoms with Crippen LogP contribution in [0.3, 0.4) is 0 Å². The predicted octanol–water partition coefficient (Wildman–Crippen LogP) is 2.63. The monoisotopic (exact) mass is 338 g/mol. The summed E-state index contributed by atoms with van der Waals surface area (Å²) < 4.78 is 25.6. The van der Waals surface area contributed by atoms with Gasteiger partial charge in [0, 0.05) is 31.2 Å². The molecule has 0 unspecified atom stereocenters. The lowest BCUT2D eigenvalue weighted by atomic mass is 10.2. The van der Waals surface area contributed by atoms with E-state index in [1.54, 1.807) is 4.90 Å². The largest absolute Gasteiger partial charge is 0.313 e. The summed E-state index contributed by atoms with van der Waals surface area (Å²) >= 11 is 0. The average Bonchev–Trinajstić information content (AvgIpc) is 3.02. The van der Waals surface area contributed by atoms with Gasteiger partial charge in [-0.3, -0.25) is 4.79 Å². The standard InChI is InChI=1S/C17H26N2O3S/c1-3-18(15-9-5-4-6-10-15)17(20)13-14-19(23(2,21)22)16-11-7-8-12-16/h4-6,9-10,16H,3,7-8,11-14H2,1-2H3. The molecule has 5 nitrogen and oxygen atoms in total. The zero-order valence-corrected chi connectivity index (χ0v) is 14.8. The topological polar surface area (TPSA) is 57.7 Å². The first-order valence-electron chi connectivity index (χ1n) is 8.25. The van der Waals surface area contributed by atoms with Crippen molar-refractivity contribution >= 4 is 21.6 Å². The van der Waals surface area contributed by atoms with Crippen molar-refractivity contribution in [1.29, 1.82) is 0 Å². The molecule has 0 bridgehead atoms. The van der Waals surface area contributed by atoms with Crippen LogP contribution in [0.25, 0.3) is 0 Å². The van der Waals surface area contributed by atoms with E-state index in [-0.39, 0.29) is 24.9 Å². The number of rotatable bonds is 7. The third-order valence-electron chi connectivity index (χ3n) is 4.39. The van der Waals surface area contributed by atoms with E-state index >= 15 is 0 Å². The number of amides is 1. The number of hydrogen-bond donors (Lipinski definition) is 0. The van der Waals surface area contributed by atoms with Crippen LogP contribution < -0.4 is 4.90 Å². The summed E-state index contributed by atoms with van der Waals surface area (Å²) in [5, 5.41) is 0. The fourth-order valence-corrected chi connectivity index (χ4v) is 4.44. The molecule has 1 aliphatic carbocycles. The van der Waals surface area contributed by atoms with Crippen LogP contribution in [0.2, 0.25) is 0 Å². The predicted molar refractivity (Wildman–Crippen MR) is 92.9 cm³/mol. The van der Waals surface area contributed by atoms with E-state index in [4.69, 9.17) is 0 Å². The van der Waals surface area contributed by atoms with Crippen LogP contribution in [-0.4, -0.2) is 44.0 Å². The second-order valence-electron chi connectivity index (χ2n) is 6.04. The number of sulfonamides is 1. The van der Waals surface area contributed by atoms with Crippen molar-refractivity contribution in [3.8, 4) is 0 Å². The molecule has 6 heteroatoms. The summed E-state index contributed by atoms with van der Waals surface area (Å²) in [7, 11) is -3.28. The number of anilines is 1. The lowest BCUT2D eigenvalue weighted by Crippen LogP contribution is -2.41. The van der Waals surface area contributed by atoms with Gasteiger partial charge in [-0.2, -0.15) is 4.31 Å². The minimum atomic E-state index is -3.28. The number of benzene rings is 1. The highest BCUT2D eigenvalue weighted by atomic mass is 32.2. The summed E-state index contributed by atoms with van der Waals surface area (Å²) in [5.74, 6) is -0.0367. The number of para-hydroxylation sites is 1. The molecule has 1 aromatic rings. The molecule has 1 amide bonds. The lowest BCUT2D eigenvalue weighted by Gasteiger charge is -2.27. The Labute approximate surface area is 139 Å². The molecule has 0 aliphatic heterocycles. The van der Waals surface area contributed by atoms with E-state index in [2.05, 4.69) is 0 Å². The molecular formula is C17H26N2O3S. The Hall–Kier alpha value is -1.40.